The molecule has 2 heterocycles. The summed E-state index contributed by atoms with van der Waals surface area (Å²) in [5, 5.41) is 9.68. The van der Waals surface area contributed by atoms with Gasteiger partial charge in [0, 0.05) is 32.5 Å². The number of nitrogens with zero attached hydrogens (tertiary/aromatic N) is 2. The average molecular weight is 252 g/mol. The van der Waals surface area contributed by atoms with Crippen LogP contribution in [0.2, 0.25) is 0 Å². The highest BCUT2D eigenvalue weighted by atomic mass is 16.5. The third-order valence-electron chi connectivity index (χ3n) is 3.01. The first-order valence-corrected chi connectivity index (χ1v) is 6.43. The number of rotatable bonds is 4. The number of aromatic nitrogens is 2. The van der Waals surface area contributed by atoms with Crippen molar-refractivity contribution in [2.45, 2.75) is 26.3 Å². The van der Waals surface area contributed by atoms with Crippen LogP contribution >= 0.6 is 0 Å². The Morgan fingerprint density at radius 2 is 2.33 bits per heavy atom. The number of carbonyl (C=O) groups excluding carboxylic acids is 1. The standard InChI is InChI=1S/C12H20N4O2/c1-2-13-12(17)15-11-7-14-16(9-11)8-10-3-5-18-6-4-10/h7,9-10H,2-6,8H2,1H3,(H2,13,15,17). The van der Waals surface area contributed by atoms with Gasteiger partial charge >= 0.3 is 6.03 Å². The summed E-state index contributed by atoms with van der Waals surface area (Å²) in [6.07, 6.45) is 5.71. The lowest BCUT2D eigenvalue weighted by Crippen LogP contribution is -2.28. The molecule has 2 rings (SSSR count). The molecule has 100 valence electrons. The predicted octanol–water partition coefficient (Wildman–Crippen LogP) is 1.45. The molecule has 0 spiro atoms. The van der Waals surface area contributed by atoms with Gasteiger partial charge in [0.25, 0.3) is 0 Å². The minimum atomic E-state index is -0.192. The fourth-order valence-electron chi connectivity index (χ4n) is 2.06. The molecule has 0 aromatic carbocycles. The zero-order chi connectivity index (χ0) is 12.8. The second-order valence-electron chi connectivity index (χ2n) is 4.49. The van der Waals surface area contributed by atoms with Gasteiger partial charge in [-0.3, -0.25) is 4.68 Å². The SMILES string of the molecule is CCNC(=O)Nc1cnn(CC2CCOCC2)c1. The number of urea groups is 1. The van der Waals surface area contributed by atoms with E-state index in [0.717, 1.165) is 38.3 Å². The summed E-state index contributed by atoms with van der Waals surface area (Å²) >= 11 is 0. The monoisotopic (exact) mass is 252 g/mol. The molecule has 1 aliphatic heterocycles. The molecular formula is C12H20N4O2. The first-order chi connectivity index (χ1) is 8.78. The van der Waals surface area contributed by atoms with Gasteiger partial charge in [-0.1, -0.05) is 0 Å². The molecule has 1 fully saturated rings. The van der Waals surface area contributed by atoms with E-state index in [9.17, 15) is 4.79 Å². The Kier molecular flexibility index (Phi) is 4.58. The van der Waals surface area contributed by atoms with Crippen LogP contribution in [0.3, 0.4) is 0 Å². The predicted molar refractivity (Wildman–Crippen MR) is 68.5 cm³/mol. The summed E-state index contributed by atoms with van der Waals surface area (Å²) in [5.41, 5.74) is 0.730. The minimum absolute atomic E-state index is 0.192. The molecular weight excluding hydrogens is 232 g/mol. The third-order valence-corrected chi connectivity index (χ3v) is 3.01. The van der Waals surface area contributed by atoms with Gasteiger partial charge in [-0.2, -0.15) is 5.10 Å². The fraction of sp³-hybridized carbons (Fsp3) is 0.667. The van der Waals surface area contributed by atoms with E-state index in [1.54, 1.807) is 6.20 Å². The van der Waals surface area contributed by atoms with Crippen LogP contribution in [0, 0.1) is 5.92 Å². The zero-order valence-corrected chi connectivity index (χ0v) is 10.7. The van der Waals surface area contributed by atoms with E-state index >= 15 is 0 Å². The molecule has 0 aliphatic carbocycles. The molecule has 1 aromatic heterocycles. The molecule has 0 unspecified atom stereocenters. The Morgan fingerprint density at radius 1 is 1.56 bits per heavy atom. The molecule has 6 nitrogen and oxygen atoms in total. The van der Waals surface area contributed by atoms with E-state index in [-0.39, 0.29) is 6.03 Å². The lowest BCUT2D eigenvalue weighted by Gasteiger charge is -2.21. The molecule has 1 aromatic rings. The van der Waals surface area contributed by atoms with Gasteiger partial charge in [0.2, 0.25) is 0 Å². The van der Waals surface area contributed by atoms with E-state index < -0.39 is 0 Å². The van der Waals surface area contributed by atoms with Crippen LogP contribution < -0.4 is 10.6 Å². The second-order valence-corrected chi connectivity index (χ2v) is 4.49. The van der Waals surface area contributed by atoms with Crippen molar-refractivity contribution >= 4 is 11.7 Å². The van der Waals surface area contributed by atoms with E-state index in [2.05, 4.69) is 15.7 Å². The Labute approximate surface area is 107 Å². The van der Waals surface area contributed by atoms with Crippen LogP contribution in [0.1, 0.15) is 19.8 Å². The van der Waals surface area contributed by atoms with Crippen molar-refractivity contribution < 1.29 is 9.53 Å². The van der Waals surface area contributed by atoms with Crippen LogP contribution in [0.4, 0.5) is 10.5 Å². The number of ether oxygens (including phenoxy) is 1. The van der Waals surface area contributed by atoms with E-state index in [0.29, 0.717) is 12.5 Å². The van der Waals surface area contributed by atoms with E-state index in [1.807, 2.05) is 17.8 Å². The highest BCUT2D eigenvalue weighted by molar-refractivity contribution is 5.88. The average Bonchev–Trinajstić information content (AvgIpc) is 2.78. The van der Waals surface area contributed by atoms with Gasteiger partial charge in [0.15, 0.2) is 0 Å². The highest BCUT2D eigenvalue weighted by Crippen LogP contribution is 2.17. The van der Waals surface area contributed by atoms with Crippen LogP contribution in [0.15, 0.2) is 12.4 Å². The maximum atomic E-state index is 11.3. The smallest absolute Gasteiger partial charge is 0.319 e. The Balaban J connectivity index is 1.83. The third kappa shape index (κ3) is 3.73. The molecule has 0 saturated carbocycles. The van der Waals surface area contributed by atoms with Crippen molar-refractivity contribution in [1.29, 1.82) is 0 Å². The lowest BCUT2D eigenvalue weighted by molar-refractivity contribution is 0.0601. The second kappa shape index (κ2) is 6.39. The molecule has 2 amide bonds. The maximum Gasteiger partial charge on any atom is 0.319 e. The molecule has 0 bridgehead atoms. The van der Waals surface area contributed by atoms with Crippen LogP contribution in [0.5, 0.6) is 0 Å². The zero-order valence-electron chi connectivity index (χ0n) is 10.7. The molecule has 0 atom stereocenters. The molecule has 6 heteroatoms. The molecule has 1 saturated heterocycles. The summed E-state index contributed by atoms with van der Waals surface area (Å²) in [4.78, 5) is 11.3. The van der Waals surface area contributed by atoms with Gasteiger partial charge in [-0.15, -0.1) is 0 Å². The largest absolute Gasteiger partial charge is 0.381 e. The quantitative estimate of drug-likeness (QED) is 0.852. The fourth-order valence-corrected chi connectivity index (χ4v) is 2.06. The number of anilines is 1. The Bertz CT molecular complexity index is 385. The molecule has 18 heavy (non-hydrogen) atoms. The normalized spacial score (nSPS) is 16.5. The number of amides is 2. The number of hydrogen-bond donors (Lipinski definition) is 2. The number of hydrogen-bond acceptors (Lipinski definition) is 3. The topological polar surface area (TPSA) is 68.2 Å². The van der Waals surface area contributed by atoms with Crippen molar-refractivity contribution in [1.82, 2.24) is 15.1 Å². The summed E-state index contributed by atoms with van der Waals surface area (Å²) in [6.45, 7) is 5.07. The van der Waals surface area contributed by atoms with Crippen molar-refractivity contribution in [3.05, 3.63) is 12.4 Å². The van der Waals surface area contributed by atoms with Crippen molar-refractivity contribution in [2.75, 3.05) is 25.1 Å². The number of carbonyl (C=O) groups is 1. The Morgan fingerprint density at radius 3 is 3.06 bits per heavy atom. The van der Waals surface area contributed by atoms with Gasteiger partial charge in [-0.05, 0) is 25.7 Å². The molecule has 1 aliphatic rings. The summed E-state index contributed by atoms with van der Waals surface area (Å²) < 4.78 is 7.21. The first kappa shape index (κ1) is 12.9. The van der Waals surface area contributed by atoms with Gasteiger partial charge < -0.3 is 15.4 Å². The summed E-state index contributed by atoms with van der Waals surface area (Å²) in [7, 11) is 0. The maximum absolute atomic E-state index is 11.3. The van der Waals surface area contributed by atoms with Crippen molar-refractivity contribution in [2.24, 2.45) is 5.92 Å². The molecule has 2 N–H and O–H groups in total. The van der Waals surface area contributed by atoms with E-state index in [4.69, 9.17) is 4.74 Å². The molecule has 0 radical (unpaired) electrons. The van der Waals surface area contributed by atoms with Gasteiger partial charge in [-0.25, -0.2) is 4.79 Å². The summed E-state index contributed by atoms with van der Waals surface area (Å²) in [5.74, 6) is 0.621. The van der Waals surface area contributed by atoms with Crippen LogP contribution in [-0.4, -0.2) is 35.6 Å². The number of nitrogens with one attached hydrogen (secondary N) is 2. The minimum Gasteiger partial charge on any atom is -0.381 e. The van der Waals surface area contributed by atoms with Crippen LogP contribution in [-0.2, 0) is 11.3 Å². The van der Waals surface area contributed by atoms with Gasteiger partial charge in [0.05, 0.1) is 11.9 Å². The van der Waals surface area contributed by atoms with Crippen molar-refractivity contribution in [3.63, 3.8) is 0 Å². The lowest BCUT2D eigenvalue weighted by atomic mass is 10.0. The summed E-state index contributed by atoms with van der Waals surface area (Å²) in [6, 6.07) is -0.192. The van der Waals surface area contributed by atoms with Gasteiger partial charge in [0.1, 0.15) is 0 Å². The first-order valence-electron chi connectivity index (χ1n) is 6.43. The highest BCUT2D eigenvalue weighted by Gasteiger charge is 2.14. The van der Waals surface area contributed by atoms with Crippen molar-refractivity contribution in [3.8, 4) is 0 Å². The van der Waals surface area contributed by atoms with E-state index in [1.165, 1.54) is 0 Å². The Hall–Kier alpha value is -1.56. The van der Waals surface area contributed by atoms with Crippen LogP contribution in [0.25, 0.3) is 0 Å².